The number of hydrogen-bond acceptors (Lipinski definition) is 5. The molecular formula is C25H23BrN2O4. The van der Waals surface area contributed by atoms with Crippen molar-refractivity contribution in [3.05, 3.63) is 70.2 Å². The summed E-state index contributed by atoms with van der Waals surface area (Å²) in [6, 6.07) is 18.8. The van der Waals surface area contributed by atoms with E-state index in [0.29, 0.717) is 39.8 Å². The standard InChI is InChI=1S/C25H23BrN2O4/c1-25(2,3)32-24(30)28(11-12-29)21-14-22(31-16-17-7-5-4-6-8-17)19-10-9-18(15-27)13-20(19)23(21)26/h4-10,12-14H,11,16H2,1-3H3. The Morgan fingerprint density at radius 2 is 1.84 bits per heavy atom. The molecular weight excluding hydrogens is 472 g/mol. The lowest BCUT2D eigenvalue weighted by atomic mass is 10.0. The van der Waals surface area contributed by atoms with E-state index in [9.17, 15) is 14.9 Å². The van der Waals surface area contributed by atoms with E-state index in [0.717, 1.165) is 10.9 Å². The SMILES string of the molecule is CC(C)(C)OC(=O)N(CC=O)c1cc(OCc2ccccc2)c2ccc(C#N)cc2c1Br. The predicted octanol–water partition coefficient (Wildman–Crippen LogP) is 5.99. The number of nitrogens with zero attached hydrogens (tertiary/aromatic N) is 2. The summed E-state index contributed by atoms with van der Waals surface area (Å²) >= 11 is 3.56. The van der Waals surface area contributed by atoms with Crippen LogP contribution in [0.15, 0.2) is 59.1 Å². The highest BCUT2D eigenvalue weighted by molar-refractivity contribution is 9.10. The zero-order valence-corrected chi connectivity index (χ0v) is 19.7. The summed E-state index contributed by atoms with van der Waals surface area (Å²) in [5, 5.41) is 10.8. The molecule has 32 heavy (non-hydrogen) atoms. The lowest BCUT2D eigenvalue weighted by Crippen LogP contribution is -2.38. The van der Waals surface area contributed by atoms with Crippen molar-refractivity contribution in [2.75, 3.05) is 11.4 Å². The average molecular weight is 495 g/mol. The van der Waals surface area contributed by atoms with Crippen molar-refractivity contribution in [1.82, 2.24) is 0 Å². The second-order valence-corrected chi connectivity index (χ2v) is 8.90. The van der Waals surface area contributed by atoms with Crippen molar-refractivity contribution in [1.29, 1.82) is 5.26 Å². The molecule has 0 aliphatic rings. The van der Waals surface area contributed by atoms with Gasteiger partial charge in [0.05, 0.1) is 23.9 Å². The predicted molar refractivity (Wildman–Crippen MR) is 127 cm³/mol. The first kappa shape index (κ1) is 23.3. The first-order valence-corrected chi connectivity index (χ1v) is 10.8. The quantitative estimate of drug-likeness (QED) is 0.393. The molecule has 0 fully saturated rings. The van der Waals surface area contributed by atoms with Crippen molar-refractivity contribution in [3.8, 4) is 11.8 Å². The third-order valence-corrected chi connectivity index (χ3v) is 5.38. The van der Waals surface area contributed by atoms with E-state index in [1.807, 2.05) is 30.3 Å². The number of amides is 1. The number of halogens is 1. The summed E-state index contributed by atoms with van der Waals surface area (Å²) in [7, 11) is 0. The maximum absolute atomic E-state index is 12.9. The van der Waals surface area contributed by atoms with E-state index in [2.05, 4.69) is 22.0 Å². The number of aldehydes is 1. The summed E-state index contributed by atoms with van der Waals surface area (Å²) in [5.41, 5.74) is 1.12. The molecule has 7 heteroatoms. The molecule has 6 nitrogen and oxygen atoms in total. The molecule has 1 amide bonds. The Morgan fingerprint density at radius 1 is 1.12 bits per heavy atom. The Balaban J connectivity index is 2.13. The molecule has 0 aliphatic heterocycles. The van der Waals surface area contributed by atoms with Gasteiger partial charge in [0.1, 0.15) is 24.2 Å². The Kier molecular flexibility index (Phi) is 7.16. The molecule has 0 unspecified atom stereocenters. The van der Waals surface area contributed by atoms with Gasteiger partial charge in [0, 0.05) is 21.3 Å². The fourth-order valence-electron chi connectivity index (χ4n) is 3.13. The summed E-state index contributed by atoms with van der Waals surface area (Å²) in [6.07, 6.45) is -0.0216. The zero-order valence-electron chi connectivity index (χ0n) is 18.1. The van der Waals surface area contributed by atoms with Gasteiger partial charge in [-0.05, 0) is 60.5 Å². The van der Waals surface area contributed by atoms with Gasteiger partial charge in [-0.2, -0.15) is 5.26 Å². The van der Waals surface area contributed by atoms with Crippen LogP contribution in [0.1, 0.15) is 31.9 Å². The number of hydrogen-bond donors (Lipinski definition) is 0. The number of carbonyl (C=O) groups excluding carboxylic acids is 2. The van der Waals surface area contributed by atoms with Gasteiger partial charge in [-0.1, -0.05) is 30.3 Å². The maximum atomic E-state index is 12.9. The minimum absolute atomic E-state index is 0.199. The van der Waals surface area contributed by atoms with E-state index in [1.54, 1.807) is 45.0 Å². The fourth-order valence-corrected chi connectivity index (χ4v) is 3.78. The van der Waals surface area contributed by atoms with E-state index < -0.39 is 11.7 Å². The summed E-state index contributed by atoms with van der Waals surface area (Å²) in [4.78, 5) is 25.5. The molecule has 3 aromatic carbocycles. The molecule has 0 heterocycles. The highest BCUT2D eigenvalue weighted by Gasteiger charge is 2.26. The molecule has 0 N–H and O–H groups in total. The number of ether oxygens (including phenoxy) is 2. The van der Waals surface area contributed by atoms with E-state index >= 15 is 0 Å². The second kappa shape index (κ2) is 9.84. The summed E-state index contributed by atoms with van der Waals surface area (Å²) in [6.45, 7) is 5.39. The molecule has 3 aromatic rings. The minimum atomic E-state index is -0.734. The van der Waals surface area contributed by atoms with Crippen LogP contribution in [-0.2, 0) is 16.1 Å². The molecule has 164 valence electrons. The lowest BCUT2D eigenvalue weighted by molar-refractivity contribution is -0.106. The van der Waals surface area contributed by atoms with Gasteiger partial charge in [-0.3, -0.25) is 4.90 Å². The van der Waals surface area contributed by atoms with Crippen molar-refractivity contribution >= 4 is 44.8 Å². The molecule has 0 aliphatic carbocycles. The largest absolute Gasteiger partial charge is 0.488 e. The van der Waals surface area contributed by atoms with Crippen LogP contribution >= 0.6 is 15.9 Å². The van der Waals surface area contributed by atoms with Gasteiger partial charge in [0.25, 0.3) is 0 Å². The summed E-state index contributed by atoms with van der Waals surface area (Å²) < 4.78 is 12.2. The average Bonchev–Trinajstić information content (AvgIpc) is 2.76. The third kappa shape index (κ3) is 5.45. The number of nitriles is 1. The Morgan fingerprint density at radius 3 is 2.47 bits per heavy atom. The van der Waals surface area contributed by atoms with Gasteiger partial charge in [-0.15, -0.1) is 0 Å². The minimum Gasteiger partial charge on any atom is -0.488 e. The summed E-state index contributed by atoms with van der Waals surface area (Å²) in [5.74, 6) is 0.519. The monoisotopic (exact) mass is 494 g/mol. The van der Waals surface area contributed by atoms with Gasteiger partial charge in [-0.25, -0.2) is 4.79 Å². The maximum Gasteiger partial charge on any atom is 0.415 e. The highest BCUT2D eigenvalue weighted by atomic mass is 79.9. The molecule has 0 aromatic heterocycles. The van der Waals surface area contributed by atoms with Crippen molar-refractivity contribution in [2.24, 2.45) is 0 Å². The molecule has 0 saturated heterocycles. The van der Waals surface area contributed by atoms with Crippen LogP contribution in [0.4, 0.5) is 10.5 Å². The normalized spacial score (nSPS) is 11.0. The molecule has 0 radical (unpaired) electrons. The van der Waals surface area contributed by atoms with Crippen molar-refractivity contribution < 1.29 is 19.1 Å². The number of rotatable bonds is 6. The Labute approximate surface area is 195 Å². The van der Waals surface area contributed by atoms with Crippen LogP contribution in [0.25, 0.3) is 10.8 Å². The van der Waals surface area contributed by atoms with Gasteiger partial charge in [0.2, 0.25) is 0 Å². The third-order valence-electron chi connectivity index (χ3n) is 4.54. The first-order valence-electron chi connectivity index (χ1n) is 10.0. The molecule has 3 rings (SSSR count). The topological polar surface area (TPSA) is 79.6 Å². The van der Waals surface area contributed by atoms with E-state index in [4.69, 9.17) is 9.47 Å². The number of benzene rings is 3. The van der Waals surface area contributed by atoms with Crippen LogP contribution in [-0.4, -0.2) is 24.5 Å². The number of fused-ring (bicyclic) bond motifs is 1. The molecule has 0 atom stereocenters. The van der Waals surface area contributed by atoms with Gasteiger partial charge in [0.15, 0.2) is 0 Å². The van der Waals surface area contributed by atoms with Crippen molar-refractivity contribution in [2.45, 2.75) is 33.0 Å². The Bertz CT molecular complexity index is 1180. The van der Waals surface area contributed by atoms with Crippen LogP contribution in [0, 0.1) is 11.3 Å². The highest BCUT2D eigenvalue weighted by Crippen LogP contribution is 2.41. The Hall–Kier alpha value is -3.37. The van der Waals surface area contributed by atoms with Gasteiger partial charge < -0.3 is 14.3 Å². The second-order valence-electron chi connectivity index (χ2n) is 8.11. The van der Waals surface area contributed by atoms with E-state index in [1.165, 1.54) is 4.90 Å². The van der Waals surface area contributed by atoms with Crippen LogP contribution in [0.2, 0.25) is 0 Å². The zero-order chi connectivity index (χ0) is 23.3. The smallest absolute Gasteiger partial charge is 0.415 e. The number of anilines is 1. The number of carbonyl (C=O) groups is 2. The van der Waals surface area contributed by atoms with Crippen LogP contribution in [0.5, 0.6) is 5.75 Å². The first-order chi connectivity index (χ1) is 15.2. The van der Waals surface area contributed by atoms with Crippen LogP contribution in [0.3, 0.4) is 0 Å². The molecule has 0 saturated carbocycles. The molecule has 0 bridgehead atoms. The van der Waals surface area contributed by atoms with Crippen molar-refractivity contribution in [3.63, 3.8) is 0 Å². The molecule has 0 spiro atoms. The lowest BCUT2D eigenvalue weighted by Gasteiger charge is -2.27. The van der Waals surface area contributed by atoms with E-state index in [-0.39, 0.29) is 6.54 Å². The fraction of sp³-hybridized carbons (Fsp3) is 0.240. The van der Waals surface area contributed by atoms with Gasteiger partial charge >= 0.3 is 6.09 Å². The van der Waals surface area contributed by atoms with Crippen LogP contribution < -0.4 is 9.64 Å².